The Balaban J connectivity index is 1.79. The Hall–Kier alpha value is -3.01. The van der Waals surface area contributed by atoms with Gasteiger partial charge >= 0.3 is 0 Å². The Morgan fingerprint density at radius 1 is 1.00 bits per heavy atom. The molecule has 4 rings (SSSR count). The van der Waals surface area contributed by atoms with Crippen molar-refractivity contribution in [2.75, 3.05) is 4.90 Å². The molecule has 29 heavy (non-hydrogen) atoms. The molecular formula is C25H24FNO2. The Kier molecular flexibility index (Phi) is 4.95. The number of amides is 1. The van der Waals surface area contributed by atoms with E-state index in [1.165, 1.54) is 12.1 Å². The van der Waals surface area contributed by atoms with E-state index in [0.29, 0.717) is 18.5 Å². The zero-order chi connectivity index (χ0) is 20.6. The summed E-state index contributed by atoms with van der Waals surface area (Å²) in [6, 6.07) is 15.8. The molecule has 4 heteroatoms. The SMILES string of the molecule is CC1(C)CC(=O)C2=C(C1)N(c1ccc(F)cc1)C(=O)CC2/C=C/c1ccccc1. The lowest BCUT2D eigenvalue weighted by atomic mass is 9.70. The molecule has 1 amide bonds. The van der Waals surface area contributed by atoms with E-state index in [1.54, 1.807) is 17.0 Å². The number of hydrogen-bond acceptors (Lipinski definition) is 2. The summed E-state index contributed by atoms with van der Waals surface area (Å²) in [7, 11) is 0. The zero-order valence-electron chi connectivity index (χ0n) is 16.7. The first kappa shape index (κ1) is 19.3. The highest BCUT2D eigenvalue weighted by atomic mass is 19.1. The van der Waals surface area contributed by atoms with E-state index in [-0.39, 0.29) is 35.3 Å². The van der Waals surface area contributed by atoms with Crippen LogP contribution in [-0.2, 0) is 9.59 Å². The summed E-state index contributed by atoms with van der Waals surface area (Å²) in [6.45, 7) is 4.09. The van der Waals surface area contributed by atoms with Crippen molar-refractivity contribution in [3.8, 4) is 0 Å². The molecule has 2 aromatic rings. The number of carbonyl (C=O) groups excluding carboxylic acids is 2. The number of halogens is 1. The minimum absolute atomic E-state index is 0.0661. The number of anilines is 1. The van der Waals surface area contributed by atoms with Gasteiger partial charge in [-0.05, 0) is 41.7 Å². The lowest BCUT2D eigenvalue weighted by Gasteiger charge is -2.42. The van der Waals surface area contributed by atoms with E-state index in [2.05, 4.69) is 0 Å². The van der Waals surface area contributed by atoms with Crippen LogP contribution < -0.4 is 4.90 Å². The maximum Gasteiger partial charge on any atom is 0.232 e. The lowest BCUT2D eigenvalue weighted by Crippen LogP contribution is -2.44. The van der Waals surface area contributed by atoms with Gasteiger partial charge in [0.25, 0.3) is 0 Å². The minimum atomic E-state index is -0.351. The highest BCUT2D eigenvalue weighted by Crippen LogP contribution is 2.45. The van der Waals surface area contributed by atoms with Crippen molar-refractivity contribution in [3.05, 3.63) is 83.3 Å². The van der Waals surface area contributed by atoms with Gasteiger partial charge in [0.1, 0.15) is 5.82 Å². The van der Waals surface area contributed by atoms with Crippen molar-refractivity contribution < 1.29 is 14.0 Å². The number of allylic oxidation sites excluding steroid dienone is 3. The Morgan fingerprint density at radius 3 is 2.38 bits per heavy atom. The molecule has 1 heterocycles. The summed E-state index contributed by atoms with van der Waals surface area (Å²) in [5.74, 6) is -0.559. The summed E-state index contributed by atoms with van der Waals surface area (Å²) in [4.78, 5) is 27.9. The van der Waals surface area contributed by atoms with Gasteiger partial charge in [-0.1, -0.05) is 56.3 Å². The number of hydrogen-bond donors (Lipinski definition) is 0. The minimum Gasteiger partial charge on any atom is -0.294 e. The summed E-state index contributed by atoms with van der Waals surface area (Å²) >= 11 is 0. The van der Waals surface area contributed by atoms with Crippen LogP contribution in [0.2, 0.25) is 0 Å². The van der Waals surface area contributed by atoms with Crippen LogP contribution in [-0.4, -0.2) is 11.7 Å². The molecule has 3 nitrogen and oxygen atoms in total. The molecule has 0 fully saturated rings. The number of benzene rings is 2. The first-order chi connectivity index (χ1) is 13.8. The normalized spacial score (nSPS) is 21.6. The molecule has 2 aromatic carbocycles. The van der Waals surface area contributed by atoms with Gasteiger partial charge in [-0.25, -0.2) is 4.39 Å². The van der Waals surface area contributed by atoms with Crippen LogP contribution in [0.15, 0.2) is 71.9 Å². The monoisotopic (exact) mass is 389 g/mol. The zero-order valence-corrected chi connectivity index (χ0v) is 16.7. The predicted octanol–water partition coefficient (Wildman–Crippen LogP) is 5.54. The van der Waals surface area contributed by atoms with Crippen molar-refractivity contribution >= 4 is 23.5 Å². The third-order valence-electron chi connectivity index (χ3n) is 5.59. The Labute approximate surface area is 170 Å². The van der Waals surface area contributed by atoms with Gasteiger partial charge in [0.15, 0.2) is 5.78 Å². The maximum absolute atomic E-state index is 13.4. The van der Waals surface area contributed by atoms with Crippen LogP contribution in [0.25, 0.3) is 6.08 Å². The van der Waals surface area contributed by atoms with E-state index >= 15 is 0 Å². The molecule has 0 saturated heterocycles. The van der Waals surface area contributed by atoms with Crippen LogP contribution in [0.5, 0.6) is 0 Å². The van der Waals surface area contributed by atoms with Gasteiger partial charge in [-0.2, -0.15) is 0 Å². The van der Waals surface area contributed by atoms with Gasteiger partial charge in [0.05, 0.1) is 0 Å². The fourth-order valence-corrected chi connectivity index (χ4v) is 4.30. The number of ketones is 1. The molecule has 1 aliphatic carbocycles. The van der Waals surface area contributed by atoms with Crippen LogP contribution in [0.3, 0.4) is 0 Å². The largest absolute Gasteiger partial charge is 0.294 e. The number of rotatable bonds is 3. The van der Waals surface area contributed by atoms with Crippen molar-refractivity contribution in [1.29, 1.82) is 0 Å². The smallest absolute Gasteiger partial charge is 0.232 e. The number of Topliss-reactive ketones (excluding diaryl/α,β-unsaturated/α-hetero) is 1. The van der Waals surface area contributed by atoms with Crippen molar-refractivity contribution in [2.24, 2.45) is 11.3 Å². The molecule has 0 radical (unpaired) electrons. The topological polar surface area (TPSA) is 37.4 Å². The summed E-state index contributed by atoms with van der Waals surface area (Å²) < 4.78 is 13.4. The predicted molar refractivity (Wildman–Crippen MR) is 113 cm³/mol. The van der Waals surface area contributed by atoms with Gasteiger partial charge in [0, 0.05) is 35.7 Å². The first-order valence-electron chi connectivity index (χ1n) is 9.92. The quantitative estimate of drug-likeness (QED) is 0.692. The molecule has 1 aliphatic heterocycles. The second-order valence-corrected chi connectivity index (χ2v) is 8.59. The standard InChI is InChI=1S/C25H24FNO2/c1-25(2)15-21-24(22(28)16-25)18(9-8-17-6-4-3-5-7-17)14-23(29)27(21)20-12-10-19(26)11-13-20/h3-13,18H,14-16H2,1-2H3/b9-8+. The average Bonchev–Trinajstić information content (AvgIpc) is 2.67. The van der Waals surface area contributed by atoms with Crippen LogP contribution in [0.1, 0.15) is 38.7 Å². The summed E-state index contributed by atoms with van der Waals surface area (Å²) in [5.41, 5.74) is 2.91. The third-order valence-corrected chi connectivity index (χ3v) is 5.59. The second kappa shape index (κ2) is 7.43. The summed E-state index contributed by atoms with van der Waals surface area (Å²) in [5, 5.41) is 0. The van der Waals surface area contributed by atoms with Crippen LogP contribution >= 0.6 is 0 Å². The highest BCUT2D eigenvalue weighted by molar-refractivity contribution is 6.07. The maximum atomic E-state index is 13.4. The van der Waals surface area contributed by atoms with Gasteiger partial charge in [0.2, 0.25) is 5.91 Å². The fraction of sp³-hybridized carbons (Fsp3) is 0.280. The van der Waals surface area contributed by atoms with Gasteiger partial charge < -0.3 is 0 Å². The molecular weight excluding hydrogens is 365 g/mol. The first-order valence-corrected chi connectivity index (χ1v) is 9.92. The molecule has 148 valence electrons. The molecule has 0 N–H and O–H groups in total. The molecule has 2 aliphatic rings. The fourth-order valence-electron chi connectivity index (χ4n) is 4.30. The number of carbonyl (C=O) groups is 2. The third kappa shape index (κ3) is 3.93. The van der Waals surface area contributed by atoms with Gasteiger partial charge in [-0.15, -0.1) is 0 Å². The molecule has 0 saturated carbocycles. The van der Waals surface area contributed by atoms with E-state index in [9.17, 15) is 14.0 Å². The highest BCUT2D eigenvalue weighted by Gasteiger charge is 2.43. The van der Waals surface area contributed by atoms with Crippen molar-refractivity contribution in [2.45, 2.75) is 33.1 Å². The number of nitrogens with zero attached hydrogens (tertiary/aromatic N) is 1. The van der Waals surface area contributed by atoms with E-state index in [0.717, 1.165) is 16.8 Å². The molecule has 1 atom stereocenters. The average molecular weight is 389 g/mol. The Bertz CT molecular complexity index is 1000. The lowest BCUT2D eigenvalue weighted by molar-refractivity contribution is -0.121. The molecule has 0 bridgehead atoms. The van der Waals surface area contributed by atoms with Crippen LogP contribution in [0.4, 0.5) is 10.1 Å². The van der Waals surface area contributed by atoms with E-state index < -0.39 is 0 Å². The molecule has 0 spiro atoms. The Morgan fingerprint density at radius 2 is 1.69 bits per heavy atom. The molecule has 1 unspecified atom stereocenters. The van der Waals surface area contributed by atoms with E-state index in [1.807, 2.05) is 56.3 Å². The van der Waals surface area contributed by atoms with Crippen LogP contribution in [0, 0.1) is 17.2 Å². The van der Waals surface area contributed by atoms with E-state index in [4.69, 9.17) is 0 Å². The second-order valence-electron chi connectivity index (χ2n) is 8.59. The summed E-state index contributed by atoms with van der Waals surface area (Å²) in [6.07, 6.45) is 5.27. The van der Waals surface area contributed by atoms with Crippen molar-refractivity contribution in [1.82, 2.24) is 0 Å². The van der Waals surface area contributed by atoms with Crippen molar-refractivity contribution in [3.63, 3.8) is 0 Å². The van der Waals surface area contributed by atoms with Gasteiger partial charge in [-0.3, -0.25) is 14.5 Å². The molecule has 0 aromatic heterocycles.